The summed E-state index contributed by atoms with van der Waals surface area (Å²) >= 11 is 6.05. The van der Waals surface area contributed by atoms with Gasteiger partial charge in [0.1, 0.15) is 5.75 Å². The van der Waals surface area contributed by atoms with Crippen molar-refractivity contribution in [3.63, 3.8) is 0 Å². The molecule has 2 aromatic carbocycles. The van der Waals surface area contributed by atoms with Gasteiger partial charge in [0.15, 0.2) is 0 Å². The van der Waals surface area contributed by atoms with Gasteiger partial charge in [0.05, 0.1) is 13.2 Å². The highest BCUT2D eigenvalue weighted by Gasteiger charge is 2.18. The van der Waals surface area contributed by atoms with Crippen LogP contribution in [0, 0.1) is 13.8 Å². The van der Waals surface area contributed by atoms with E-state index < -0.39 is 0 Å². The first kappa shape index (κ1) is 15.8. The van der Waals surface area contributed by atoms with Crippen LogP contribution in [0.3, 0.4) is 0 Å². The summed E-state index contributed by atoms with van der Waals surface area (Å²) in [6.45, 7) is 4.13. The molecule has 0 aliphatic carbocycles. The fourth-order valence-electron chi connectivity index (χ4n) is 2.51. The third-order valence-electron chi connectivity index (χ3n) is 3.82. The Labute approximate surface area is 131 Å². The second kappa shape index (κ2) is 6.94. The summed E-state index contributed by atoms with van der Waals surface area (Å²) < 4.78 is 5.58. The second-order valence-corrected chi connectivity index (χ2v) is 5.62. The molecule has 1 unspecified atom stereocenters. The molecule has 0 saturated heterocycles. The number of halogens is 1. The van der Waals surface area contributed by atoms with Crippen molar-refractivity contribution in [1.29, 1.82) is 0 Å². The Morgan fingerprint density at radius 2 is 2.00 bits per heavy atom. The lowest BCUT2D eigenvalue weighted by Crippen LogP contribution is -2.30. The van der Waals surface area contributed by atoms with Crippen LogP contribution < -0.4 is 16.0 Å². The van der Waals surface area contributed by atoms with Gasteiger partial charge in [-0.25, -0.2) is 0 Å². The van der Waals surface area contributed by atoms with Crippen molar-refractivity contribution in [2.24, 2.45) is 5.84 Å². The summed E-state index contributed by atoms with van der Waals surface area (Å²) in [6, 6.07) is 11.9. The Hall–Kier alpha value is -1.55. The largest absolute Gasteiger partial charge is 0.496 e. The molecule has 21 heavy (non-hydrogen) atoms. The van der Waals surface area contributed by atoms with Gasteiger partial charge in [-0.3, -0.25) is 11.3 Å². The van der Waals surface area contributed by atoms with E-state index in [0.717, 1.165) is 33.9 Å². The van der Waals surface area contributed by atoms with Crippen molar-refractivity contribution in [2.45, 2.75) is 26.3 Å². The predicted octanol–water partition coefficient (Wildman–Crippen LogP) is 3.71. The van der Waals surface area contributed by atoms with Crippen LogP contribution in [-0.2, 0) is 6.42 Å². The molecule has 0 fully saturated rings. The van der Waals surface area contributed by atoms with Gasteiger partial charge in [0, 0.05) is 10.6 Å². The molecule has 112 valence electrons. The zero-order chi connectivity index (χ0) is 15.4. The van der Waals surface area contributed by atoms with E-state index in [9.17, 15) is 0 Å². The van der Waals surface area contributed by atoms with Crippen LogP contribution in [0.4, 0.5) is 0 Å². The average Bonchev–Trinajstić information content (AvgIpc) is 2.48. The van der Waals surface area contributed by atoms with Gasteiger partial charge in [-0.15, -0.1) is 0 Å². The van der Waals surface area contributed by atoms with Gasteiger partial charge < -0.3 is 4.74 Å². The second-order valence-electron chi connectivity index (χ2n) is 5.18. The van der Waals surface area contributed by atoms with E-state index in [-0.39, 0.29) is 6.04 Å². The van der Waals surface area contributed by atoms with Crippen LogP contribution in [0.5, 0.6) is 5.75 Å². The molecule has 0 radical (unpaired) electrons. The molecule has 0 amide bonds. The summed E-state index contributed by atoms with van der Waals surface area (Å²) in [5.74, 6) is 6.65. The fourth-order valence-corrected chi connectivity index (χ4v) is 2.73. The highest BCUT2D eigenvalue weighted by atomic mass is 35.5. The molecule has 2 rings (SSSR count). The van der Waals surface area contributed by atoms with E-state index in [1.54, 1.807) is 7.11 Å². The Bertz CT molecular complexity index is 628. The Kier molecular flexibility index (Phi) is 5.23. The maximum Gasteiger partial charge on any atom is 0.126 e. The van der Waals surface area contributed by atoms with E-state index in [4.69, 9.17) is 22.2 Å². The van der Waals surface area contributed by atoms with Gasteiger partial charge in [-0.05, 0) is 49.1 Å². The van der Waals surface area contributed by atoms with Crippen LogP contribution in [0.1, 0.15) is 28.3 Å². The Morgan fingerprint density at radius 1 is 1.24 bits per heavy atom. The zero-order valence-electron chi connectivity index (χ0n) is 12.6. The molecule has 0 spiro atoms. The summed E-state index contributed by atoms with van der Waals surface area (Å²) in [5, 5.41) is 0.732. The zero-order valence-corrected chi connectivity index (χ0v) is 13.4. The van der Waals surface area contributed by atoms with E-state index in [1.807, 2.05) is 24.3 Å². The lowest BCUT2D eigenvalue weighted by molar-refractivity contribution is 0.395. The van der Waals surface area contributed by atoms with Crippen molar-refractivity contribution in [1.82, 2.24) is 5.43 Å². The quantitative estimate of drug-likeness (QED) is 0.654. The summed E-state index contributed by atoms with van der Waals surface area (Å²) in [6.07, 6.45) is 0.746. The molecule has 1 atom stereocenters. The number of aryl methyl sites for hydroxylation is 1. The predicted molar refractivity (Wildman–Crippen MR) is 87.7 cm³/mol. The number of hydrazine groups is 1. The molecule has 3 nitrogen and oxygen atoms in total. The molecule has 0 saturated carbocycles. The topological polar surface area (TPSA) is 47.3 Å². The van der Waals surface area contributed by atoms with E-state index >= 15 is 0 Å². The number of nitrogens with two attached hydrogens (primary N) is 1. The third-order valence-corrected chi connectivity index (χ3v) is 4.05. The number of nitrogens with one attached hydrogen (secondary N) is 1. The highest BCUT2D eigenvalue weighted by molar-refractivity contribution is 6.30. The molecule has 0 aliphatic rings. The molecule has 2 aromatic rings. The van der Waals surface area contributed by atoms with Gasteiger partial charge in [0.25, 0.3) is 0 Å². The fraction of sp³-hybridized carbons (Fsp3) is 0.294. The minimum Gasteiger partial charge on any atom is -0.496 e. The van der Waals surface area contributed by atoms with Gasteiger partial charge in [-0.2, -0.15) is 0 Å². The number of methoxy groups -OCH3 is 1. The van der Waals surface area contributed by atoms with Crippen LogP contribution >= 0.6 is 11.6 Å². The van der Waals surface area contributed by atoms with Crippen molar-refractivity contribution in [2.75, 3.05) is 7.11 Å². The molecule has 0 aromatic heterocycles. The van der Waals surface area contributed by atoms with Crippen molar-refractivity contribution in [3.05, 3.63) is 63.7 Å². The van der Waals surface area contributed by atoms with Crippen molar-refractivity contribution >= 4 is 11.6 Å². The third kappa shape index (κ3) is 3.56. The lowest BCUT2D eigenvalue weighted by atomic mass is 9.95. The number of hydrogen-bond acceptors (Lipinski definition) is 3. The Balaban J connectivity index is 2.36. The molecule has 3 N–H and O–H groups in total. The van der Waals surface area contributed by atoms with Crippen LogP contribution in [0.15, 0.2) is 36.4 Å². The van der Waals surface area contributed by atoms with Gasteiger partial charge in [-0.1, -0.05) is 35.9 Å². The normalized spacial score (nSPS) is 12.2. The first-order chi connectivity index (χ1) is 10.1. The van der Waals surface area contributed by atoms with Crippen molar-refractivity contribution in [3.8, 4) is 5.75 Å². The monoisotopic (exact) mass is 304 g/mol. The molecule has 4 heteroatoms. The number of hydrogen-bond donors (Lipinski definition) is 2. The van der Waals surface area contributed by atoms with Gasteiger partial charge in [0.2, 0.25) is 0 Å². The van der Waals surface area contributed by atoms with Crippen LogP contribution in [-0.4, -0.2) is 7.11 Å². The van der Waals surface area contributed by atoms with Crippen LogP contribution in [0.25, 0.3) is 0 Å². The summed E-state index contributed by atoms with van der Waals surface area (Å²) in [5.41, 5.74) is 7.42. The standard InChI is InChI=1S/C17H21ClN2O/c1-11-7-8-15(17(21-3)12(11)2)16(20-19)10-13-5-4-6-14(18)9-13/h4-9,16,20H,10,19H2,1-3H3. The van der Waals surface area contributed by atoms with Gasteiger partial charge >= 0.3 is 0 Å². The molecule has 0 bridgehead atoms. The molecule has 0 aliphatic heterocycles. The van der Waals surface area contributed by atoms with Crippen molar-refractivity contribution < 1.29 is 4.74 Å². The molecular weight excluding hydrogens is 284 g/mol. The first-order valence-electron chi connectivity index (χ1n) is 6.91. The minimum atomic E-state index is -0.0299. The maximum absolute atomic E-state index is 6.05. The van der Waals surface area contributed by atoms with E-state index in [0.29, 0.717) is 0 Å². The number of benzene rings is 2. The average molecular weight is 305 g/mol. The highest BCUT2D eigenvalue weighted by Crippen LogP contribution is 2.32. The minimum absolute atomic E-state index is 0.0299. The maximum atomic E-state index is 6.05. The van der Waals surface area contributed by atoms with E-state index in [1.165, 1.54) is 5.56 Å². The summed E-state index contributed by atoms with van der Waals surface area (Å²) in [7, 11) is 1.69. The lowest BCUT2D eigenvalue weighted by Gasteiger charge is -2.21. The van der Waals surface area contributed by atoms with E-state index in [2.05, 4.69) is 31.4 Å². The Morgan fingerprint density at radius 3 is 2.62 bits per heavy atom. The van der Waals surface area contributed by atoms with Crippen LogP contribution in [0.2, 0.25) is 5.02 Å². The molecule has 0 heterocycles. The summed E-state index contributed by atoms with van der Waals surface area (Å²) in [4.78, 5) is 0. The number of rotatable bonds is 5. The number of ether oxygens (including phenoxy) is 1. The first-order valence-corrected chi connectivity index (χ1v) is 7.29. The SMILES string of the molecule is COc1c(C(Cc2cccc(Cl)c2)NN)ccc(C)c1C. The molecular formula is C17H21ClN2O. The smallest absolute Gasteiger partial charge is 0.126 e.